The van der Waals surface area contributed by atoms with E-state index in [9.17, 15) is 0 Å². The number of rotatable bonds is 7. The molecule has 0 aromatic heterocycles. The predicted molar refractivity (Wildman–Crippen MR) is 75.0 cm³/mol. The minimum Gasteiger partial charge on any atom is -0.382 e. The highest BCUT2D eigenvalue weighted by molar-refractivity contribution is 4.97. The highest BCUT2D eigenvalue weighted by atomic mass is 16.5. The summed E-state index contributed by atoms with van der Waals surface area (Å²) in [5, 5.41) is 3.61. The lowest BCUT2D eigenvalue weighted by Gasteiger charge is -2.49. The maximum Gasteiger partial charge on any atom is 0.0700 e. The Morgan fingerprint density at radius 3 is 2.50 bits per heavy atom. The largest absolute Gasteiger partial charge is 0.382 e. The summed E-state index contributed by atoms with van der Waals surface area (Å²) in [4.78, 5) is 2.57. The van der Waals surface area contributed by atoms with Gasteiger partial charge < -0.3 is 14.8 Å². The summed E-state index contributed by atoms with van der Waals surface area (Å²) in [6.45, 7) is 14.6. The third kappa shape index (κ3) is 5.22. The minimum absolute atomic E-state index is 0.215. The maximum atomic E-state index is 5.52. The first-order chi connectivity index (χ1) is 8.37. The maximum absolute atomic E-state index is 5.52. The lowest BCUT2D eigenvalue weighted by molar-refractivity contribution is 0.0231. The summed E-state index contributed by atoms with van der Waals surface area (Å²) in [5.74, 6) is 0. The Hall–Kier alpha value is -0.160. The molecular formula is C14H30N2O2. The van der Waals surface area contributed by atoms with Crippen LogP contribution in [0.25, 0.3) is 0 Å². The lowest BCUT2D eigenvalue weighted by Crippen LogP contribution is -2.66. The van der Waals surface area contributed by atoms with Crippen molar-refractivity contribution in [2.24, 2.45) is 0 Å². The molecule has 0 aromatic carbocycles. The van der Waals surface area contributed by atoms with Crippen molar-refractivity contribution in [3.8, 4) is 0 Å². The smallest absolute Gasteiger partial charge is 0.0700 e. The first-order valence-electron chi connectivity index (χ1n) is 6.94. The quantitative estimate of drug-likeness (QED) is 0.702. The van der Waals surface area contributed by atoms with Gasteiger partial charge in [0, 0.05) is 44.4 Å². The van der Waals surface area contributed by atoms with E-state index in [1.54, 1.807) is 7.11 Å². The summed E-state index contributed by atoms with van der Waals surface area (Å²) in [7, 11) is 1.70. The molecule has 18 heavy (non-hydrogen) atoms. The van der Waals surface area contributed by atoms with Crippen molar-refractivity contribution < 1.29 is 9.47 Å². The molecule has 0 unspecified atom stereocenters. The fourth-order valence-corrected chi connectivity index (χ4v) is 2.30. The Kier molecular flexibility index (Phi) is 6.05. The van der Waals surface area contributed by atoms with E-state index in [1.165, 1.54) is 0 Å². The van der Waals surface area contributed by atoms with E-state index in [2.05, 4.69) is 37.9 Å². The molecule has 0 bridgehead atoms. The van der Waals surface area contributed by atoms with Crippen LogP contribution in [0.4, 0.5) is 0 Å². The zero-order valence-corrected chi connectivity index (χ0v) is 12.7. The topological polar surface area (TPSA) is 33.7 Å². The third-order valence-electron chi connectivity index (χ3n) is 3.59. The number of hydrogen-bond acceptors (Lipinski definition) is 4. The molecule has 1 heterocycles. The molecule has 1 N–H and O–H groups in total. The zero-order valence-electron chi connectivity index (χ0n) is 12.7. The van der Waals surface area contributed by atoms with Crippen molar-refractivity contribution in [1.29, 1.82) is 0 Å². The molecule has 1 aliphatic heterocycles. The van der Waals surface area contributed by atoms with E-state index in [1.807, 2.05) is 0 Å². The number of ether oxygens (including phenoxy) is 2. The Bertz CT molecular complexity index is 242. The molecule has 1 saturated heterocycles. The number of piperazine rings is 1. The van der Waals surface area contributed by atoms with E-state index in [4.69, 9.17) is 9.47 Å². The van der Waals surface area contributed by atoms with Crippen LogP contribution in [-0.4, -0.2) is 62.5 Å². The molecule has 0 spiro atoms. The van der Waals surface area contributed by atoms with Crippen LogP contribution >= 0.6 is 0 Å². The summed E-state index contributed by atoms with van der Waals surface area (Å²) >= 11 is 0. The summed E-state index contributed by atoms with van der Waals surface area (Å²) in [6.07, 6.45) is 1.09. The Balaban J connectivity index is 2.25. The van der Waals surface area contributed by atoms with Gasteiger partial charge in [0.05, 0.1) is 13.2 Å². The SMILES string of the molecule is COCCOCCCN1CC(C)(C)NCC1(C)C. The molecule has 0 amide bonds. The van der Waals surface area contributed by atoms with E-state index < -0.39 is 0 Å². The molecular weight excluding hydrogens is 228 g/mol. The minimum atomic E-state index is 0.215. The molecule has 0 saturated carbocycles. The first kappa shape index (κ1) is 15.9. The van der Waals surface area contributed by atoms with Crippen LogP contribution < -0.4 is 5.32 Å². The van der Waals surface area contributed by atoms with Crippen molar-refractivity contribution in [1.82, 2.24) is 10.2 Å². The molecule has 0 atom stereocenters. The van der Waals surface area contributed by atoms with Crippen LogP contribution in [0.5, 0.6) is 0 Å². The second-order valence-corrected chi connectivity index (χ2v) is 6.43. The fourth-order valence-electron chi connectivity index (χ4n) is 2.30. The first-order valence-corrected chi connectivity index (χ1v) is 6.94. The van der Waals surface area contributed by atoms with Crippen LogP contribution in [0.1, 0.15) is 34.1 Å². The van der Waals surface area contributed by atoms with Crippen molar-refractivity contribution in [3.63, 3.8) is 0 Å². The fraction of sp³-hybridized carbons (Fsp3) is 1.00. The molecule has 108 valence electrons. The second-order valence-electron chi connectivity index (χ2n) is 6.43. The Labute approximate surface area is 112 Å². The third-order valence-corrected chi connectivity index (χ3v) is 3.59. The molecule has 4 nitrogen and oxygen atoms in total. The molecule has 1 fully saturated rings. The van der Waals surface area contributed by atoms with Crippen molar-refractivity contribution in [2.75, 3.05) is 46.6 Å². The van der Waals surface area contributed by atoms with Gasteiger partial charge in [0.2, 0.25) is 0 Å². The number of nitrogens with zero attached hydrogens (tertiary/aromatic N) is 1. The van der Waals surface area contributed by atoms with Gasteiger partial charge in [0.25, 0.3) is 0 Å². The van der Waals surface area contributed by atoms with Crippen molar-refractivity contribution in [3.05, 3.63) is 0 Å². The summed E-state index contributed by atoms with van der Waals surface area (Å²) in [6, 6.07) is 0. The summed E-state index contributed by atoms with van der Waals surface area (Å²) < 4.78 is 10.5. The number of nitrogens with one attached hydrogen (secondary N) is 1. The van der Waals surface area contributed by atoms with Gasteiger partial charge in [0.15, 0.2) is 0 Å². The molecule has 0 radical (unpaired) electrons. The van der Waals surface area contributed by atoms with Crippen molar-refractivity contribution in [2.45, 2.75) is 45.2 Å². The normalized spacial score (nSPS) is 23.2. The molecule has 4 heteroatoms. The predicted octanol–water partition coefficient (Wildman–Crippen LogP) is 1.50. The van der Waals surface area contributed by atoms with Gasteiger partial charge in [-0.1, -0.05) is 0 Å². The van der Waals surface area contributed by atoms with E-state index >= 15 is 0 Å². The lowest BCUT2D eigenvalue weighted by atomic mass is 9.91. The second kappa shape index (κ2) is 6.85. The van der Waals surface area contributed by atoms with Crippen LogP contribution in [0.2, 0.25) is 0 Å². The van der Waals surface area contributed by atoms with Gasteiger partial charge in [-0.3, -0.25) is 4.90 Å². The monoisotopic (exact) mass is 258 g/mol. The average molecular weight is 258 g/mol. The number of hydrogen-bond donors (Lipinski definition) is 1. The van der Waals surface area contributed by atoms with E-state index in [0.29, 0.717) is 13.2 Å². The van der Waals surface area contributed by atoms with Gasteiger partial charge in [-0.25, -0.2) is 0 Å². The van der Waals surface area contributed by atoms with Crippen LogP contribution in [0, 0.1) is 0 Å². The van der Waals surface area contributed by atoms with Gasteiger partial charge in [-0.2, -0.15) is 0 Å². The van der Waals surface area contributed by atoms with Gasteiger partial charge in [-0.15, -0.1) is 0 Å². The van der Waals surface area contributed by atoms with Crippen molar-refractivity contribution >= 4 is 0 Å². The molecule has 0 aromatic rings. The summed E-state index contributed by atoms with van der Waals surface area (Å²) in [5.41, 5.74) is 0.453. The molecule has 0 aliphatic carbocycles. The Morgan fingerprint density at radius 1 is 1.11 bits per heavy atom. The van der Waals surface area contributed by atoms with Gasteiger partial charge in [0.1, 0.15) is 0 Å². The van der Waals surface area contributed by atoms with Crippen LogP contribution in [0.15, 0.2) is 0 Å². The van der Waals surface area contributed by atoms with E-state index in [0.717, 1.165) is 32.7 Å². The Morgan fingerprint density at radius 2 is 1.83 bits per heavy atom. The molecule has 1 aliphatic rings. The molecule has 1 rings (SSSR count). The standard InChI is InChI=1S/C14H30N2O2/c1-13(2)12-16(14(3,4)11-15-13)7-6-8-18-10-9-17-5/h15H,6-12H2,1-5H3. The average Bonchev–Trinajstić information content (AvgIpc) is 2.28. The number of methoxy groups -OCH3 is 1. The van der Waals surface area contributed by atoms with E-state index in [-0.39, 0.29) is 11.1 Å². The highest BCUT2D eigenvalue weighted by Crippen LogP contribution is 2.23. The van der Waals surface area contributed by atoms with Crippen LogP contribution in [0.3, 0.4) is 0 Å². The highest BCUT2D eigenvalue weighted by Gasteiger charge is 2.36. The zero-order chi connectivity index (χ0) is 13.6. The van der Waals surface area contributed by atoms with Crippen LogP contribution in [-0.2, 0) is 9.47 Å². The van der Waals surface area contributed by atoms with Gasteiger partial charge in [-0.05, 0) is 34.1 Å². The van der Waals surface area contributed by atoms with Gasteiger partial charge >= 0.3 is 0 Å².